The molecule has 0 aromatic carbocycles. The number of carboxylic acids is 1. The molecule has 1 aliphatic rings. The van der Waals surface area contributed by atoms with Crippen LogP contribution in [-0.2, 0) is 22.4 Å². The molecule has 0 spiro atoms. The third-order valence-electron chi connectivity index (χ3n) is 7.02. The minimum atomic E-state index is -0.731. The Hall–Kier alpha value is -1.90. The van der Waals surface area contributed by atoms with Crippen LogP contribution in [0.3, 0.4) is 0 Å². The first kappa shape index (κ1) is 31.3. The first-order chi connectivity index (χ1) is 18.1. The zero-order valence-corrected chi connectivity index (χ0v) is 23.3. The maximum absolute atomic E-state index is 10.8. The van der Waals surface area contributed by atoms with E-state index in [1.54, 1.807) is 7.11 Å². The fraction of sp³-hybridized carbons (Fsp3) is 0.793. The number of aliphatic carboxylic acids is 1. The van der Waals surface area contributed by atoms with E-state index in [-0.39, 0.29) is 6.42 Å². The quantitative estimate of drug-likeness (QED) is 0.172. The van der Waals surface area contributed by atoms with Crippen LogP contribution in [0.5, 0.6) is 5.75 Å². The van der Waals surface area contributed by atoms with Gasteiger partial charge in [-0.3, -0.25) is 4.79 Å². The monoisotopic (exact) mass is 520 g/mol. The summed E-state index contributed by atoms with van der Waals surface area (Å²) in [6.45, 7) is 5.80. The lowest BCUT2D eigenvalue weighted by molar-refractivity contribution is -0.137. The van der Waals surface area contributed by atoms with Crippen molar-refractivity contribution in [1.82, 2.24) is 9.88 Å². The van der Waals surface area contributed by atoms with Crippen LogP contribution >= 0.6 is 0 Å². The second kappa shape index (κ2) is 20.1. The van der Waals surface area contributed by atoms with Crippen molar-refractivity contribution >= 4 is 11.8 Å². The van der Waals surface area contributed by atoms with Crippen LogP contribution in [0.2, 0.25) is 0 Å². The number of methoxy groups -OCH3 is 1. The fourth-order valence-corrected chi connectivity index (χ4v) is 4.86. The predicted molar refractivity (Wildman–Crippen MR) is 151 cm³/mol. The first-order valence-corrected chi connectivity index (χ1v) is 14.7. The SMILES string of the molecule is COCCN(CCCCc1cc(OCCCCCCCCCCN)c2c(n1)NCCC2)CCCC(=O)O. The minimum absolute atomic E-state index is 0.216. The molecule has 0 atom stereocenters. The second-order valence-corrected chi connectivity index (χ2v) is 10.2. The largest absolute Gasteiger partial charge is 0.493 e. The highest BCUT2D eigenvalue weighted by atomic mass is 16.5. The van der Waals surface area contributed by atoms with E-state index in [1.807, 2.05) is 0 Å². The lowest BCUT2D eigenvalue weighted by atomic mass is 10.0. The summed E-state index contributed by atoms with van der Waals surface area (Å²) in [7, 11) is 1.71. The van der Waals surface area contributed by atoms with E-state index >= 15 is 0 Å². The molecule has 37 heavy (non-hydrogen) atoms. The summed E-state index contributed by atoms with van der Waals surface area (Å²) in [5, 5.41) is 12.4. The van der Waals surface area contributed by atoms with Gasteiger partial charge in [-0.1, -0.05) is 38.5 Å². The number of nitrogens with zero attached hydrogens (tertiary/aromatic N) is 2. The van der Waals surface area contributed by atoms with Gasteiger partial charge in [-0.2, -0.15) is 0 Å². The molecule has 0 saturated carbocycles. The topological polar surface area (TPSA) is 110 Å². The van der Waals surface area contributed by atoms with Gasteiger partial charge in [0.1, 0.15) is 11.6 Å². The number of rotatable bonds is 23. The summed E-state index contributed by atoms with van der Waals surface area (Å²) in [6, 6.07) is 2.17. The molecule has 0 saturated heterocycles. The number of nitrogens with two attached hydrogens (primary N) is 1. The molecule has 0 unspecified atom stereocenters. The average molecular weight is 521 g/mol. The fourth-order valence-electron chi connectivity index (χ4n) is 4.86. The molecular formula is C29H52N4O4. The van der Waals surface area contributed by atoms with E-state index in [4.69, 9.17) is 25.3 Å². The molecule has 2 heterocycles. The van der Waals surface area contributed by atoms with Crippen LogP contribution in [-0.4, -0.2) is 74.0 Å². The van der Waals surface area contributed by atoms with Crippen molar-refractivity contribution in [2.24, 2.45) is 5.73 Å². The van der Waals surface area contributed by atoms with Crippen molar-refractivity contribution in [2.75, 3.05) is 58.4 Å². The number of unbranched alkanes of at least 4 members (excludes halogenated alkanes) is 8. The molecule has 0 fully saturated rings. The summed E-state index contributed by atoms with van der Waals surface area (Å²) in [4.78, 5) is 18.1. The van der Waals surface area contributed by atoms with Crippen molar-refractivity contribution in [3.8, 4) is 5.75 Å². The average Bonchev–Trinajstić information content (AvgIpc) is 2.90. The lowest BCUT2D eigenvalue weighted by Gasteiger charge is -2.22. The number of aryl methyl sites for hydroxylation is 1. The Morgan fingerprint density at radius 1 is 1.00 bits per heavy atom. The summed E-state index contributed by atoms with van der Waals surface area (Å²) in [5.41, 5.74) is 7.89. The summed E-state index contributed by atoms with van der Waals surface area (Å²) < 4.78 is 11.5. The molecule has 0 aliphatic carbocycles. The maximum atomic E-state index is 10.8. The number of nitrogens with one attached hydrogen (secondary N) is 1. The molecular weight excluding hydrogens is 468 g/mol. The smallest absolute Gasteiger partial charge is 0.303 e. The highest BCUT2D eigenvalue weighted by molar-refractivity contribution is 5.66. The number of hydrogen-bond acceptors (Lipinski definition) is 7. The predicted octanol–water partition coefficient (Wildman–Crippen LogP) is 5.03. The van der Waals surface area contributed by atoms with Gasteiger partial charge in [0.2, 0.25) is 0 Å². The standard InChI is InChI=1S/C29H52N4O4/c1-36-23-21-33(20-13-16-28(34)35)19-10-8-14-25-24-27(26-15-12-18-31-29(26)32-25)37-22-11-7-5-3-2-4-6-9-17-30/h24H,2-23,30H2,1H3,(H,31,32)(H,34,35). The molecule has 212 valence electrons. The van der Waals surface area contributed by atoms with E-state index in [9.17, 15) is 4.79 Å². The Morgan fingerprint density at radius 2 is 1.73 bits per heavy atom. The van der Waals surface area contributed by atoms with Gasteiger partial charge >= 0.3 is 5.97 Å². The summed E-state index contributed by atoms with van der Waals surface area (Å²) >= 11 is 0. The van der Waals surface area contributed by atoms with Crippen LogP contribution in [0, 0.1) is 0 Å². The Kier molecular flexibility index (Phi) is 17.0. The third kappa shape index (κ3) is 14.0. The molecule has 0 radical (unpaired) electrons. The number of carboxylic acid groups (broad SMARTS) is 1. The molecule has 1 aromatic rings. The molecule has 1 aliphatic heterocycles. The third-order valence-corrected chi connectivity index (χ3v) is 7.02. The van der Waals surface area contributed by atoms with Gasteiger partial charge in [-0.15, -0.1) is 0 Å². The van der Waals surface area contributed by atoms with E-state index < -0.39 is 5.97 Å². The Morgan fingerprint density at radius 3 is 2.46 bits per heavy atom. The van der Waals surface area contributed by atoms with E-state index in [2.05, 4.69) is 16.3 Å². The molecule has 8 heteroatoms. The highest BCUT2D eigenvalue weighted by Crippen LogP contribution is 2.31. The number of anilines is 1. The number of aromatic nitrogens is 1. The number of fused-ring (bicyclic) bond motifs is 1. The maximum Gasteiger partial charge on any atom is 0.303 e. The van der Waals surface area contributed by atoms with Crippen LogP contribution in [0.15, 0.2) is 6.07 Å². The van der Waals surface area contributed by atoms with Crippen molar-refractivity contribution < 1.29 is 19.4 Å². The zero-order valence-electron chi connectivity index (χ0n) is 23.3. The van der Waals surface area contributed by atoms with Gasteiger partial charge in [0, 0.05) is 43.9 Å². The molecule has 1 aromatic heterocycles. The van der Waals surface area contributed by atoms with Crippen LogP contribution in [0.25, 0.3) is 0 Å². The van der Waals surface area contributed by atoms with Crippen molar-refractivity contribution in [1.29, 1.82) is 0 Å². The van der Waals surface area contributed by atoms with Crippen molar-refractivity contribution in [3.63, 3.8) is 0 Å². The second-order valence-electron chi connectivity index (χ2n) is 10.2. The number of hydrogen-bond donors (Lipinski definition) is 3. The highest BCUT2D eigenvalue weighted by Gasteiger charge is 2.17. The van der Waals surface area contributed by atoms with Gasteiger partial charge in [0.15, 0.2) is 0 Å². The van der Waals surface area contributed by atoms with Gasteiger partial charge in [-0.05, 0) is 71.0 Å². The van der Waals surface area contributed by atoms with E-state index in [1.165, 1.54) is 44.1 Å². The van der Waals surface area contributed by atoms with Crippen LogP contribution < -0.4 is 15.8 Å². The lowest BCUT2D eigenvalue weighted by Crippen LogP contribution is -2.30. The summed E-state index contributed by atoms with van der Waals surface area (Å²) in [6.07, 6.45) is 16.0. The van der Waals surface area contributed by atoms with Crippen LogP contribution in [0.4, 0.5) is 5.82 Å². The van der Waals surface area contributed by atoms with Gasteiger partial charge in [0.25, 0.3) is 0 Å². The number of carbonyl (C=O) groups is 1. The van der Waals surface area contributed by atoms with E-state index in [0.717, 1.165) is 102 Å². The van der Waals surface area contributed by atoms with E-state index in [0.29, 0.717) is 13.0 Å². The molecule has 2 rings (SSSR count). The molecule has 0 amide bonds. The molecule has 0 bridgehead atoms. The first-order valence-electron chi connectivity index (χ1n) is 14.7. The zero-order chi connectivity index (χ0) is 26.6. The number of ether oxygens (including phenoxy) is 2. The normalized spacial score (nSPS) is 12.9. The van der Waals surface area contributed by atoms with Gasteiger partial charge in [-0.25, -0.2) is 4.98 Å². The minimum Gasteiger partial charge on any atom is -0.493 e. The van der Waals surface area contributed by atoms with Crippen molar-refractivity contribution in [2.45, 2.75) is 96.3 Å². The molecule has 8 nitrogen and oxygen atoms in total. The number of pyridine rings is 1. The van der Waals surface area contributed by atoms with Gasteiger partial charge in [0.05, 0.1) is 13.2 Å². The Balaban J connectivity index is 1.75. The Bertz CT molecular complexity index is 747. The summed E-state index contributed by atoms with van der Waals surface area (Å²) in [5.74, 6) is 1.29. The van der Waals surface area contributed by atoms with Crippen LogP contribution in [0.1, 0.15) is 94.7 Å². The molecule has 4 N–H and O–H groups in total. The van der Waals surface area contributed by atoms with Crippen molar-refractivity contribution in [3.05, 3.63) is 17.3 Å². The Labute approximate surface area is 224 Å². The van der Waals surface area contributed by atoms with Gasteiger partial charge < -0.3 is 30.5 Å².